The van der Waals surface area contributed by atoms with Gasteiger partial charge in [-0.2, -0.15) is 10.1 Å². The van der Waals surface area contributed by atoms with Gasteiger partial charge in [0.15, 0.2) is 25.2 Å². The number of carboxylic acid groups (broad SMARTS) is 1. The maximum absolute atomic E-state index is 14.9. The number of hydrazone groups is 1. The zero-order chi connectivity index (χ0) is 84.9. The highest BCUT2D eigenvalue weighted by molar-refractivity contribution is 8.76. The summed E-state index contributed by atoms with van der Waals surface area (Å²) < 4.78 is 85.1. The fourth-order valence-electron chi connectivity index (χ4n) is 9.13. The number of hydrogen-bond donors (Lipinski definition) is 12. The largest absolute Gasteiger partial charge is 0.481 e. The van der Waals surface area contributed by atoms with Crippen molar-refractivity contribution in [1.29, 1.82) is 0 Å². The van der Waals surface area contributed by atoms with Crippen molar-refractivity contribution in [2.75, 3.05) is 140 Å². The number of carboxylic acids is 1. The number of aromatic nitrogens is 1. The molecule has 0 fully saturated rings. The van der Waals surface area contributed by atoms with Crippen molar-refractivity contribution in [1.82, 2.24) is 47.0 Å². The van der Waals surface area contributed by atoms with Crippen molar-refractivity contribution in [3.63, 3.8) is 0 Å². The summed E-state index contributed by atoms with van der Waals surface area (Å²) in [6.07, 6.45) is 0.649. The van der Waals surface area contributed by atoms with Gasteiger partial charge in [-0.3, -0.25) is 24.0 Å². The van der Waals surface area contributed by atoms with Crippen LogP contribution >= 0.6 is 33.3 Å². The zero-order valence-electron chi connectivity index (χ0n) is 66.5. The molecule has 1 aliphatic heterocycles. The van der Waals surface area contributed by atoms with Crippen LogP contribution < -0.4 is 31.9 Å². The molecule has 9 atom stereocenters. The molecule has 0 aliphatic carbocycles. The molecule has 0 radical (unpaired) electrons. The molecule has 0 saturated heterocycles. The topological polar surface area (TPSA) is 473 Å². The van der Waals surface area contributed by atoms with Gasteiger partial charge in [0.2, 0.25) is 17.7 Å². The molecule has 648 valence electrons. The molecule has 0 saturated carbocycles. The van der Waals surface area contributed by atoms with E-state index in [1.54, 1.807) is 27.8 Å². The molecule has 8 unspecified atom stereocenters. The van der Waals surface area contributed by atoms with Gasteiger partial charge in [0.25, 0.3) is 0 Å². The number of hydroxylamine groups is 2. The number of aliphatic hydroxyl groups is 5. The van der Waals surface area contributed by atoms with Gasteiger partial charge >= 0.3 is 30.3 Å². The second-order valence-electron chi connectivity index (χ2n) is 24.1. The summed E-state index contributed by atoms with van der Waals surface area (Å²) in [6.45, 7) is 7.75. The molecule has 12 N–H and O–H groups in total. The molecule has 1 aromatic heterocycles. The van der Waals surface area contributed by atoms with E-state index in [1.807, 2.05) is 76.2 Å². The molecule has 2 aromatic carbocycles. The Labute approximate surface area is 676 Å². The summed E-state index contributed by atoms with van der Waals surface area (Å²) >= 11 is 1.13. The van der Waals surface area contributed by atoms with Crippen LogP contribution in [0, 0.1) is 11.6 Å². The summed E-state index contributed by atoms with van der Waals surface area (Å²) in [7, 11) is 11.6. The van der Waals surface area contributed by atoms with Crippen LogP contribution in [-0.4, -0.2) is 289 Å². The van der Waals surface area contributed by atoms with Gasteiger partial charge in [0.05, 0.1) is 71.0 Å². The number of methoxy groups -OCH3 is 4. The molecular formula is C73H118F2N10O26S3. The molecule has 2 heterocycles. The first kappa shape index (κ1) is 105. The number of unbranched alkanes of at least 4 members (excludes halogenated alkanes) is 2. The molecule has 41 heteroatoms. The van der Waals surface area contributed by atoms with Crippen molar-refractivity contribution in [2.24, 2.45) is 5.10 Å². The highest BCUT2D eigenvalue weighted by Crippen LogP contribution is 2.51. The Hall–Kier alpha value is -7.43. The second kappa shape index (κ2) is 64.7. The average molecular weight is 1690 g/mol. The van der Waals surface area contributed by atoms with Crippen molar-refractivity contribution in [2.45, 2.75) is 171 Å². The van der Waals surface area contributed by atoms with Crippen molar-refractivity contribution < 1.29 is 135 Å². The number of thioether (sulfide) groups is 1. The molecular weight excluding hydrogens is 1570 g/mol. The molecule has 36 nitrogen and oxygen atoms in total. The number of alkyl carbamates (subject to hydrolysis) is 3. The molecule has 0 bridgehead atoms. The Morgan fingerprint density at radius 3 is 1.43 bits per heavy atom. The third kappa shape index (κ3) is 45.8. The molecule has 4 rings (SSSR count). The fraction of sp³-hybridized carbons (Fsp3) is 0.644. The Kier molecular flexibility index (Phi) is 59.4. The van der Waals surface area contributed by atoms with E-state index in [4.69, 9.17) is 82.5 Å². The highest BCUT2D eigenvalue weighted by atomic mass is 33.1. The number of nitrogens with zero attached hydrogens (tertiary/aromatic N) is 4. The van der Waals surface area contributed by atoms with Gasteiger partial charge in [-0.25, -0.2) is 38.0 Å². The number of rotatable bonds is 54. The molecule has 0 spiro atoms. The first-order valence-electron chi connectivity index (χ1n) is 37.0. The summed E-state index contributed by atoms with van der Waals surface area (Å²) in [5, 5.41) is 76.5. The van der Waals surface area contributed by atoms with Gasteiger partial charge in [-0.05, 0) is 98.1 Å². The van der Waals surface area contributed by atoms with Gasteiger partial charge in [0.1, 0.15) is 46.4 Å². The number of aliphatic carboxylic acids is 1. The van der Waals surface area contributed by atoms with Crippen LogP contribution in [0.4, 0.5) is 28.0 Å². The van der Waals surface area contributed by atoms with E-state index in [9.17, 15) is 52.2 Å². The average Bonchev–Trinajstić information content (AvgIpc) is 1.59. The predicted octanol–water partition coefficient (Wildman–Crippen LogP) is 6.09. The summed E-state index contributed by atoms with van der Waals surface area (Å²) in [5.74, 6) is -2.14. The van der Waals surface area contributed by atoms with Crippen molar-refractivity contribution >= 4 is 86.4 Å². The van der Waals surface area contributed by atoms with Crippen LogP contribution in [0.3, 0.4) is 0 Å². The molecule has 8 amide bonds. The van der Waals surface area contributed by atoms with E-state index in [0.29, 0.717) is 83.0 Å². The Morgan fingerprint density at radius 2 is 0.991 bits per heavy atom. The lowest BCUT2D eigenvalue weighted by atomic mass is 10.0. The number of benzene rings is 2. The van der Waals surface area contributed by atoms with E-state index in [0.717, 1.165) is 45.8 Å². The monoisotopic (exact) mass is 1680 g/mol. The number of halogens is 2. The lowest BCUT2D eigenvalue weighted by Crippen LogP contribution is -2.47. The lowest BCUT2D eigenvalue weighted by molar-refractivity contribution is -0.181. The highest BCUT2D eigenvalue weighted by Gasteiger charge is 2.50. The van der Waals surface area contributed by atoms with Crippen molar-refractivity contribution in [3.8, 4) is 0 Å². The zero-order valence-corrected chi connectivity index (χ0v) is 68.9. The minimum atomic E-state index is -1.16. The number of amides is 8. The number of hydrogen-bond acceptors (Lipinski definition) is 30. The SMILES string of the molecule is CCC(CO)OC(CO)OC.CCC(CO)OC(COC(=O)NCCC(=O)NCCCCCC(=O)NCCC[C@@]1(c2ccccc2)SC(c2cc(F)ccc2F)=NN1C(=O)N(C)OC)OC.CCC(CO)OC(COC(=O)NCCC(=O)NCCSSc1ccccn1)OC.CCC(CO)OC(COC(=O)NCCC(=O)O)OC. The summed E-state index contributed by atoms with van der Waals surface area (Å²) in [5.41, 5.74) is 0.626. The van der Waals surface area contributed by atoms with Crippen LogP contribution in [0.15, 0.2) is 83.1 Å². The maximum atomic E-state index is 14.9. The number of carbonyl (C=O) groups excluding carboxylic acids is 7. The third-order valence-electron chi connectivity index (χ3n) is 15.7. The van der Waals surface area contributed by atoms with E-state index < -0.39 is 78.0 Å². The first-order valence-corrected chi connectivity index (χ1v) is 40.1. The minimum absolute atomic E-state index is 0.0130. The molecule has 3 aromatic rings. The second-order valence-corrected chi connectivity index (χ2v) is 27.8. The van der Waals surface area contributed by atoms with Crippen LogP contribution in [0.1, 0.15) is 122 Å². The quantitative estimate of drug-likeness (QED) is 0.00999. The first-order chi connectivity index (χ1) is 54.9. The number of nitrogens with one attached hydrogen (secondary N) is 6. The summed E-state index contributed by atoms with van der Waals surface area (Å²) in [4.78, 5) is 103. The standard InChI is InChI=1S/C37H52F2N6O9S.C18H29N3O6S2.C11H21NO7.C7H16O4/c1-5-28(24-46)54-33(51-3)25-53-35(49)42-22-18-32(48)40-20-11-7-10-15-31(47)41-21-12-19-37(26-13-8-6-9-14-26)45(36(50)44(2)52-4)43-34(55-37)29-23-27(38)16-17-30(29)39;1-3-14(12-22)27-17(25-2)13-26-18(24)21-9-7-15(23)19-10-11-28-29-16-6-4-5-8-20-16;1-3-8(6-13)19-10(17-2)7-18-11(16)12-5-4-9(14)15;1-3-6(4-8)11-7(5-9)10-2/h6,8-9,13-14,16-17,23,28,33,46H,5,7,10-12,15,18-22,24-25H2,1-4H3,(H,40,48)(H,41,47)(H,42,49);4-6,8,14,17,22H,3,7,9-13H2,1-2H3,(H,19,23)(H,21,24);8,10,13H,3-7H2,1-2H3,(H,12,16)(H,14,15);6-9H,3-5H2,1-2H3/t28?,33?,37-;;;/m0.../s1. The van der Waals surface area contributed by atoms with E-state index in [2.05, 4.69) is 42.0 Å². The Bertz CT molecular complexity index is 3140. The number of pyridine rings is 1. The maximum Gasteiger partial charge on any atom is 0.407 e. The fourth-order valence-corrected chi connectivity index (χ4v) is 12.3. The van der Waals surface area contributed by atoms with Crippen LogP contribution in [0.25, 0.3) is 0 Å². The number of ether oxygens (including phenoxy) is 11. The van der Waals surface area contributed by atoms with Gasteiger partial charge in [0, 0.05) is 112 Å². The lowest BCUT2D eigenvalue weighted by Gasteiger charge is -2.37. The Morgan fingerprint density at radius 1 is 0.535 bits per heavy atom. The van der Waals surface area contributed by atoms with Gasteiger partial charge in [-0.15, -0.1) is 0 Å². The minimum Gasteiger partial charge on any atom is -0.481 e. The van der Waals surface area contributed by atoms with Crippen LogP contribution in [0.5, 0.6) is 0 Å². The van der Waals surface area contributed by atoms with Gasteiger partial charge in [-0.1, -0.05) is 93.1 Å². The predicted molar refractivity (Wildman–Crippen MR) is 419 cm³/mol. The molecule has 1 aliphatic rings. The summed E-state index contributed by atoms with van der Waals surface area (Å²) in [6, 6.07) is 17.3. The van der Waals surface area contributed by atoms with E-state index >= 15 is 0 Å². The number of urea groups is 1. The number of aliphatic hydroxyl groups excluding tert-OH is 5. The van der Waals surface area contributed by atoms with Crippen molar-refractivity contribution in [3.05, 3.63) is 95.7 Å². The Balaban J connectivity index is 0.000000908. The van der Waals surface area contributed by atoms with Crippen LogP contribution in [0.2, 0.25) is 0 Å². The van der Waals surface area contributed by atoms with Crippen LogP contribution in [-0.2, 0) is 81.0 Å². The third-order valence-corrected chi connectivity index (χ3v) is 19.4. The van der Waals surface area contributed by atoms with E-state index in [-0.39, 0.29) is 145 Å². The number of carbonyl (C=O) groups is 8. The molecule has 114 heavy (non-hydrogen) atoms. The van der Waals surface area contributed by atoms with Gasteiger partial charge < -0.3 is 115 Å². The van der Waals surface area contributed by atoms with E-state index in [1.165, 1.54) is 47.6 Å². The smallest absolute Gasteiger partial charge is 0.407 e. The normalized spacial score (nSPS) is 14.9.